The Hall–Kier alpha value is -2.14. The summed E-state index contributed by atoms with van der Waals surface area (Å²) in [5, 5.41) is 9.04. The van der Waals surface area contributed by atoms with Crippen LogP contribution in [0, 0.1) is 5.92 Å². The topological polar surface area (TPSA) is 66.8 Å². The molecule has 140 valence electrons. The van der Waals surface area contributed by atoms with Crippen LogP contribution in [0.5, 0.6) is 0 Å². The first-order valence-corrected chi connectivity index (χ1v) is 9.51. The number of carboxylic acids is 1. The number of piperidine rings is 1. The monoisotopic (exact) mass is 357 g/mol. The lowest BCUT2D eigenvalue weighted by atomic mass is 9.89. The first-order chi connectivity index (χ1) is 12.6. The number of allylic oxidation sites excluding steroid dienone is 1. The van der Waals surface area contributed by atoms with Crippen LogP contribution in [0.3, 0.4) is 0 Å². The van der Waals surface area contributed by atoms with Crippen LogP contribution in [0.15, 0.2) is 36.4 Å². The van der Waals surface area contributed by atoms with Crippen LogP contribution >= 0.6 is 0 Å². The maximum absolute atomic E-state index is 12.4. The van der Waals surface area contributed by atoms with E-state index in [-0.39, 0.29) is 12.0 Å². The van der Waals surface area contributed by atoms with Crippen LogP contribution in [-0.4, -0.2) is 47.2 Å². The summed E-state index contributed by atoms with van der Waals surface area (Å²) in [6.07, 6.45) is 8.03. The number of ether oxygens (including phenoxy) is 1. The average Bonchev–Trinajstić information content (AvgIpc) is 3.17. The highest BCUT2D eigenvalue weighted by Gasteiger charge is 2.36. The second-order valence-electron chi connectivity index (χ2n) is 7.15. The number of amides is 1. The number of hydrogen-bond donors (Lipinski definition) is 1. The highest BCUT2D eigenvalue weighted by molar-refractivity contribution is 5.76. The minimum Gasteiger partial charge on any atom is -0.479 e. The molecule has 5 heteroatoms. The molecule has 5 nitrogen and oxygen atoms in total. The van der Waals surface area contributed by atoms with Crippen molar-refractivity contribution in [3.63, 3.8) is 0 Å². The van der Waals surface area contributed by atoms with Crippen molar-refractivity contribution < 1.29 is 19.4 Å². The molecule has 1 N–H and O–H groups in total. The molecule has 0 aromatic heterocycles. The van der Waals surface area contributed by atoms with E-state index < -0.39 is 12.1 Å². The molecule has 0 radical (unpaired) electrons. The molecule has 0 spiro atoms. The van der Waals surface area contributed by atoms with E-state index >= 15 is 0 Å². The Labute approximate surface area is 154 Å². The lowest BCUT2D eigenvalue weighted by Crippen LogP contribution is -2.41. The van der Waals surface area contributed by atoms with Gasteiger partial charge in [-0.15, -0.1) is 0 Å². The summed E-state index contributed by atoms with van der Waals surface area (Å²) in [4.78, 5) is 25.3. The summed E-state index contributed by atoms with van der Waals surface area (Å²) in [5.41, 5.74) is 1.15. The zero-order valence-corrected chi connectivity index (χ0v) is 15.0. The third-order valence-electron chi connectivity index (χ3n) is 5.38. The largest absolute Gasteiger partial charge is 0.479 e. The normalized spacial score (nSPS) is 24.2. The molecular formula is C21H27NO4. The van der Waals surface area contributed by atoms with Gasteiger partial charge in [0, 0.05) is 19.5 Å². The number of aliphatic carboxylic acids is 1. The Morgan fingerprint density at radius 3 is 2.50 bits per heavy atom. The van der Waals surface area contributed by atoms with E-state index in [1.54, 1.807) is 0 Å². The SMILES string of the molecule is O=C(O)[C@H]1CC[C@@H](C2CCN(C(=O)CC/C=C/c3ccccc3)CC2)O1. The molecule has 0 bridgehead atoms. The van der Waals surface area contributed by atoms with Gasteiger partial charge in [0.05, 0.1) is 6.10 Å². The third-order valence-corrected chi connectivity index (χ3v) is 5.38. The number of rotatable bonds is 6. The van der Waals surface area contributed by atoms with E-state index in [0.29, 0.717) is 18.8 Å². The molecular weight excluding hydrogens is 330 g/mol. The highest BCUT2D eigenvalue weighted by Crippen LogP contribution is 2.32. The van der Waals surface area contributed by atoms with Crippen molar-refractivity contribution in [2.24, 2.45) is 5.92 Å². The van der Waals surface area contributed by atoms with Crippen molar-refractivity contribution in [1.82, 2.24) is 4.90 Å². The molecule has 1 aromatic carbocycles. The van der Waals surface area contributed by atoms with Gasteiger partial charge in [-0.2, -0.15) is 0 Å². The lowest BCUT2D eigenvalue weighted by Gasteiger charge is -2.34. The fourth-order valence-corrected chi connectivity index (χ4v) is 3.86. The number of carbonyl (C=O) groups excluding carboxylic acids is 1. The third kappa shape index (κ3) is 4.94. The summed E-state index contributed by atoms with van der Waals surface area (Å²) in [6, 6.07) is 10.1. The standard InChI is InChI=1S/C21H27NO4/c23-20(9-5-4-8-16-6-2-1-3-7-16)22-14-12-17(13-15-22)18-10-11-19(26-18)21(24)25/h1-4,6-8,17-19H,5,9-15H2,(H,24,25)/b8-4+/t18-,19+/m0/s1. The van der Waals surface area contributed by atoms with Crippen LogP contribution in [0.2, 0.25) is 0 Å². The van der Waals surface area contributed by atoms with Crippen LogP contribution in [0.1, 0.15) is 44.1 Å². The van der Waals surface area contributed by atoms with Crippen molar-refractivity contribution in [3.05, 3.63) is 42.0 Å². The van der Waals surface area contributed by atoms with Gasteiger partial charge < -0.3 is 14.7 Å². The van der Waals surface area contributed by atoms with Gasteiger partial charge in [-0.25, -0.2) is 4.79 Å². The molecule has 1 amide bonds. The number of hydrogen-bond acceptors (Lipinski definition) is 3. The van der Waals surface area contributed by atoms with Gasteiger partial charge in [0.15, 0.2) is 6.10 Å². The molecule has 2 aliphatic rings. The average molecular weight is 357 g/mol. The molecule has 0 unspecified atom stereocenters. The molecule has 26 heavy (non-hydrogen) atoms. The second-order valence-corrected chi connectivity index (χ2v) is 7.15. The second kappa shape index (κ2) is 8.99. The van der Waals surface area contributed by atoms with E-state index in [1.165, 1.54) is 0 Å². The van der Waals surface area contributed by atoms with Gasteiger partial charge in [-0.05, 0) is 43.6 Å². The van der Waals surface area contributed by atoms with Crippen molar-refractivity contribution in [2.75, 3.05) is 13.1 Å². The van der Waals surface area contributed by atoms with E-state index in [0.717, 1.165) is 44.3 Å². The Bertz CT molecular complexity index is 635. The quantitative estimate of drug-likeness (QED) is 0.848. The lowest BCUT2D eigenvalue weighted by molar-refractivity contribution is -0.151. The summed E-state index contributed by atoms with van der Waals surface area (Å²) in [7, 11) is 0. The molecule has 2 fully saturated rings. The Kier molecular flexibility index (Phi) is 6.45. The number of nitrogens with zero attached hydrogens (tertiary/aromatic N) is 1. The van der Waals surface area contributed by atoms with Gasteiger partial charge >= 0.3 is 5.97 Å². The number of likely N-dealkylation sites (tertiary alicyclic amines) is 1. The predicted molar refractivity (Wildman–Crippen MR) is 99.5 cm³/mol. The minimum absolute atomic E-state index is 0.0437. The molecule has 2 saturated heterocycles. The van der Waals surface area contributed by atoms with Crippen LogP contribution < -0.4 is 0 Å². The smallest absolute Gasteiger partial charge is 0.332 e. The fourth-order valence-electron chi connectivity index (χ4n) is 3.86. The number of benzene rings is 1. The maximum Gasteiger partial charge on any atom is 0.332 e. The fraction of sp³-hybridized carbons (Fsp3) is 0.524. The highest BCUT2D eigenvalue weighted by atomic mass is 16.5. The van der Waals surface area contributed by atoms with E-state index in [2.05, 4.69) is 12.2 Å². The van der Waals surface area contributed by atoms with E-state index in [9.17, 15) is 9.59 Å². The number of carboxylic acid groups (broad SMARTS) is 1. The van der Waals surface area contributed by atoms with Crippen LogP contribution in [0.25, 0.3) is 6.08 Å². The predicted octanol–water partition coefficient (Wildman–Crippen LogP) is 3.35. The van der Waals surface area contributed by atoms with Crippen molar-refractivity contribution >= 4 is 18.0 Å². The van der Waals surface area contributed by atoms with Gasteiger partial charge in [0.25, 0.3) is 0 Å². The molecule has 2 heterocycles. The first-order valence-electron chi connectivity index (χ1n) is 9.51. The first kappa shape index (κ1) is 18.6. The summed E-state index contributed by atoms with van der Waals surface area (Å²) in [6.45, 7) is 1.51. The van der Waals surface area contributed by atoms with Crippen molar-refractivity contribution in [2.45, 2.75) is 50.7 Å². The summed E-state index contributed by atoms with van der Waals surface area (Å²) in [5.74, 6) is -0.276. The molecule has 2 aliphatic heterocycles. The Morgan fingerprint density at radius 2 is 1.85 bits per heavy atom. The van der Waals surface area contributed by atoms with Gasteiger partial charge in [0.1, 0.15) is 0 Å². The van der Waals surface area contributed by atoms with E-state index in [1.807, 2.05) is 35.2 Å². The minimum atomic E-state index is -0.858. The van der Waals surface area contributed by atoms with Gasteiger partial charge in [0.2, 0.25) is 5.91 Å². The van der Waals surface area contributed by atoms with Gasteiger partial charge in [-0.3, -0.25) is 4.79 Å². The van der Waals surface area contributed by atoms with Crippen LogP contribution in [-0.2, 0) is 14.3 Å². The molecule has 0 saturated carbocycles. The van der Waals surface area contributed by atoms with Crippen molar-refractivity contribution in [1.29, 1.82) is 0 Å². The maximum atomic E-state index is 12.4. The Balaban J connectivity index is 1.37. The van der Waals surface area contributed by atoms with Gasteiger partial charge in [-0.1, -0.05) is 42.5 Å². The Morgan fingerprint density at radius 1 is 1.12 bits per heavy atom. The van der Waals surface area contributed by atoms with Crippen molar-refractivity contribution in [3.8, 4) is 0 Å². The summed E-state index contributed by atoms with van der Waals surface area (Å²) < 4.78 is 5.67. The van der Waals surface area contributed by atoms with Crippen LogP contribution in [0.4, 0.5) is 0 Å². The molecule has 0 aliphatic carbocycles. The molecule has 1 aromatic rings. The number of carbonyl (C=O) groups is 2. The van der Waals surface area contributed by atoms with E-state index in [4.69, 9.17) is 9.84 Å². The molecule has 2 atom stereocenters. The zero-order chi connectivity index (χ0) is 18.4. The molecule has 3 rings (SSSR count). The summed E-state index contributed by atoms with van der Waals surface area (Å²) >= 11 is 0. The zero-order valence-electron chi connectivity index (χ0n) is 15.0.